The van der Waals surface area contributed by atoms with Crippen LogP contribution < -0.4 is 5.32 Å². The van der Waals surface area contributed by atoms with Crippen LogP contribution in [0.5, 0.6) is 0 Å². The van der Waals surface area contributed by atoms with Gasteiger partial charge in [-0.2, -0.15) is 0 Å². The van der Waals surface area contributed by atoms with Gasteiger partial charge in [0.05, 0.1) is 19.8 Å². The predicted molar refractivity (Wildman–Crippen MR) is 75.5 cm³/mol. The van der Waals surface area contributed by atoms with Gasteiger partial charge in [-0.15, -0.1) is 11.3 Å². The van der Waals surface area contributed by atoms with Crippen LogP contribution in [0.4, 0.5) is 5.69 Å². The maximum Gasteiger partial charge on any atom is 0.186 e. The average Bonchev–Trinajstić information content (AvgIpc) is 3.08. The smallest absolute Gasteiger partial charge is 0.186 e. The molecule has 2 heterocycles. The van der Waals surface area contributed by atoms with Crippen molar-refractivity contribution < 1.29 is 9.47 Å². The summed E-state index contributed by atoms with van der Waals surface area (Å²) in [5.41, 5.74) is 2.04. The number of nitrogens with zero attached hydrogens (tertiary/aromatic N) is 1. The van der Waals surface area contributed by atoms with Gasteiger partial charge in [-0.25, -0.2) is 4.98 Å². The number of thiazole rings is 1. The Morgan fingerprint density at radius 3 is 2.84 bits per heavy atom. The molecule has 4 nitrogen and oxygen atoms in total. The Labute approximate surface area is 120 Å². The van der Waals surface area contributed by atoms with Crippen LogP contribution >= 0.6 is 22.9 Å². The van der Waals surface area contributed by atoms with Gasteiger partial charge in [-0.1, -0.05) is 29.8 Å². The van der Waals surface area contributed by atoms with Crippen molar-refractivity contribution in [2.45, 2.75) is 12.8 Å². The molecule has 0 unspecified atom stereocenters. The molecule has 0 bridgehead atoms. The van der Waals surface area contributed by atoms with Crippen molar-refractivity contribution >= 4 is 28.6 Å². The summed E-state index contributed by atoms with van der Waals surface area (Å²) in [6, 6.07) is 8.00. The SMILES string of the molecule is Clc1ncc(CNc2ccccc2C2OCCO2)s1. The molecule has 0 radical (unpaired) electrons. The summed E-state index contributed by atoms with van der Waals surface area (Å²) in [4.78, 5) is 5.11. The molecule has 0 aliphatic carbocycles. The van der Waals surface area contributed by atoms with E-state index in [1.54, 1.807) is 6.20 Å². The lowest BCUT2D eigenvalue weighted by molar-refractivity contribution is -0.0435. The number of rotatable bonds is 4. The molecule has 3 rings (SSSR count). The fourth-order valence-corrected chi connectivity index (χ4v) is 2.87. The number of ether oxygens (including phenoxy) is 2. The zero-order valence-electron chi connectivity index (χ0n) is 10.1. The van der Waals surface area contributed by atoms with Crippen LogP contribution in [-0.4, -0.2) is 18.2 Å². The highest BCUT2D eigenvalue weighted by Gasteiger charge is 2.20. The van der Waals surface area contributed by atoms with E-state index in [0.29, 0.717) is 24.2 Å². The molecule has 1 aromatic heterocycles. The first kappa shape index (κ1) is 12.9. The minimum absolute atomic E-state index is 0.270. The Bertz CT molecular complexity index is 555. The Kier molecular flexibility index (Phi) is 3.98. The van der Waals surface area contributed by atoms with Crippen LogP contribution in [0.3, 0.4) is 0 Å². The summed E-state index contributed by atoms with van der Waals surface area (Å²) < 4.78 is 11.6. The number of hydrogen-bond donors (Lipinski definition) is 1. The number of halogens is 1. The third-order valence-electron chi connectivity index (χ3n) is 2.81. The quantitative estimate of drug-likeness (QED) is 0.938. The summed E-state index contributed by atoms with van der Waals surface area (Å²) in [5, 5.41) is 3.37. The third-order valence-corrected chi connectivity index (χ3v) is 3.93. The fraction of sp³-hybridized carbons (Fsp3) is 0.308. The maximum absolute atomic E-state index is 5.82. The molecular formula is C13H13ClN2O2S. The van der Waals surface area contributed by atoms with Gasteiger partial charge in [0.2, 0.25) is 0 Å². The van der Waals surface area contributed by atoms with Crippen LogP contribution in [-0.2, 0) is 16.0 Å². The molecule has 0 atom stereocenters. The molecule has 1 fully saturated rings. The van der Waals surface area contributed by atoms with Gasteiger partial charge in [-0.3, -0.25) is 0 Å². The van der Waals surface area contributed by atoms with E-state index < -0.39 is 0 Å². The molecule has 2 aromatic rings. The van der Waals surface area contributed by atoms with Crippen molar-refractivity contribution in [2.24, 2.45) is 0 Å². The average molecular weight is 297 g/mol. The lowest BCUT2D eigenvalue weighted by Gasteiger charge is -2.15. The molecule has 100 valence electrons. The van der Waals surface area contributed by atoms with Gasteiger partial charge in [0, 0.05) is 22.3 Å². The van der Waals surface area contributed by atoms with Crippen LogP contribution in [0.2, 0.25) is 4.47 Å². The molecular weight excluding hydrogens is 284 g/mol. The van der Waals surface area contributed by atoms with E-state index in [1.807, 2.05) is 24.3 Å². The number of para-hydroxylation sites is 1. The van der Waals surface area contributed by atoms with E-state index >= 15 is 0 Å². The highest BCUT2D eigenvalue weighted by Crippen LogP contribution is 2.30. The molecule has 0 amide bonds. The molecule has 1 N–H and O–H groups in total. The first-order chi connectivity index (χ1) is 9.33. The van der Waals surface area contributed by atoms with Gasteiger partial charge >= 0.3 is 0 Å². The Balaban J connectivity index is 1.73. The summed E-state index contributed by atoms with van der Waals surface area (Å²) in [6.07, 6.45) is 1.51. The van der Waals surface area contributed by atoms with E-state index in [4.69, 9.17) is 21.1 Å². The number of hydrogen-bond acceptors (Lipinski definition) is 5. The van der Waals surface area contributed by atoms with Crippen molar-refractivity contribution in [3.05, 3.63) is 45.4 Å². The minimum atomic E-state index is -0.270. The second-order valence-electron chi connectivity index (χ2n) is 4.09. The Morgan fingerprint density at radius 2 is 2.11 bits per heavy atom. The fourth-order valence-electron chi connectivity index (χ4n) is 1.95. The second-order valence-corrected chi connectivity index (χ2v) is 5.79. The number of benzene rings is 1. The van der Waals surface area contributed by atoms with Crippen molar-refractivity contribution in [1.29, 1.82) is 0 Å². The normalized spacial score (nSPS) is 15.8. The van der Waals surface area contributed by atoms with E-state index in [-0.39, 0.29) is 6.29 Å². The largest absolute Gasteiger partial charge is 0.380 e. The van der Waals surface area contributed by atoms with Crippen molar-refractivity contribution in [1.82, 2.24) is 4.98 Å². The van der Waals surface area contributed by atoms with Crippen molar-refractivity contribution in [3.63, 3.8) is 0 Å². The molecule has 0 spiro atoms. The molecule has 0 saturated carbocycles. The number of aromatic nitrogens is 1. The van der Waals surface area contributed by atoms with Crippen molar-refractivity contribution in [2.75, 3.05) is 18.5 Å². The highest BCUT2D eigenvalue weighted by molar-refractivity contribution is 7.15. The van der Waals surface area contributed by atoms with Crippen LogP contribution in [0.15, 0.2) is 30.5 Å². The van der Waals surface area contributed by atoms with Crippen molar-refractivity contribution in [3.8, 4) is 0 Å². The van der Waals surface area contributed by atoms with Crippen LogP contribution in [0.25, 0.3) is 0 Å². The third kappa shape index (κ3) is 3.06. The molecule has 1 aromatic carbocycles. The lowest BCUT2D eigenvalue weighted by atomic mass is 10.1. The first-order valence-electron chi connectivity index (χ1n) is 5.99. The predicted octanol–water partition coefficient (Wildman–Crippen LogP) is 3.45. The number of anilines is 1. The van der Waals surface area contributed by atoms with Gasteiger partial charge in [0.25, 0.3) is 0 Å². The summed E-state index contributed by atoms with van der Waals surface area (Å²) in [7, 11) is 0. The maximum atomic E-state index is 5.82. The topological polar surface area (TPSA) is 43.4 Å². The lowest BCUT2D eigenvalue weighted by Crippen LogP contribution is -2.05. The standard InChI is InChI=1S/C13H13ClN2O2S/c14-13-16-8-9(19-13)7-15-11-4-2-1-3-10(11)12-17-5-6-18-12/h1-4,8,12,15H,5-7H2. The van der Waals surface area contributed by atoms with E-state index in [2.05, 4.69) is 10.3 Å². The highest BCUT2D eigenvalue weighted by atomic mass is 35.5. The molecule has 1 saturated heterocycles. The van der Waals surface area contributed by atoms with Crippen LogP contribution in [0.1, 0.15) is 16.7 Å². The molecule has 19 heavy (non-hydrogen) atoms. The second kappa shape index (κ2) is 5.88. The van der Waals surface area contributed by atoms with Gasteiger partial charge in [0.15, 0.2) is 10.8 Å². The Morgan fingerprint density at radius 1 is 1.32 bits per heavy atom. The van der Waals surface area contributed by atoms with Crippen LogP contribution in [0, 0.1) is 0 Å². The van der Waals surface area contributed by atoms with E-state index in [9.17, 15) is 0 Å². The van der Waals surface area contributed by atoms with Gasteiger partial charge in [-0.05, 0) is 6.07 Å². The minimum Gasteiger partial charge on any atom is -0.380 e. The van der Waals surface area contributed by atoms with Gasteiger partial charge < -0.3 is 14.8 Å². The summed E-state index contributed by atoms with van der Waals surface area (Å²) >= 11 is 7.29. The molecule has 6 heteroatoms. The monoisotopic (exact) mass is 296 g/mol. The molecule has 1 aliphatic heterocycles. The van der Waals surface area contributed by atoms with Gasteiger partial charge in [0.1, 0.15) is 0 Å². The Hall–Kier alpha value is -1.14. The summed E-state index contributed by atoms with van der Waals surface area (Å²) in [6.45, 7) is 1.97. The molecule has 1 aliphatic rings. The zero-order chi connectivity index (χ0) is 13.1. The van der Waals surface area contributed by atoms with E-state index in [1.165, 1.54) is 11.3 Å². The first-order valence-corrected chi connectivity index (χ1v) is 7.18. The summed E-state index contributed by atoms with van der Waals surface area (Å²) in [5.74, 6) is 0. The number of nitrogens with one attached hydrogen (secondary N) is 1. The zero-order valence-corrected chi connectivity index (χ0v) is 11.7. The van der Waals surface area contributed by atoms with E-state index in [0.717, 1.165) is 16.1 Å².